The summed E-state index contributed by atoms with van der Waals surface area (Å²) in [5.41, 5.74) is 2.79. The van der Waals surface area contributed by atoms with Gasteiger partial charge in [-0.3, -0.25) is 4.68 Å². The molecule has 4 rings (SSSR count). The molecule has 4 heterocycles. The number of nitrogens with zero attached hydrogens (tertiary/aromatic N) is 5. The van der Waals surface area contributed by atoms with Gasteiger partial charge >= 0.3 is 0 Å². The van der Waals surface area contributed by atoms with Crippen molar-refractivity contribution in [2.45, 2.75) is 37.5 Å². The molecule has 1 aliphatic heterocycles. The second kappa shape index (κ2) is 6.15. The number of hydrogen-bond acceptors (Lipinski definition) is 5. The van der Waals surface area contributed by atoms with Crippen LogP contribution < -0.4 is 0 Å². The average molecular weight is 366 g/mol. The standard InChI is InChI=1S/C19H22N6S/c1-18(2,3)26-24-12-19(13-24,6-7-20)25-11-14(10-23-25)15-4-8-21-17-16(15)5-9-22-17/h4-5,8-11H,6,12-13H2,1-3H3,(H,21,22). The largest absolute Gasteiger partial charge is 0.346 e. The van der Waals surface area contributed by atoms with E-state index in [0.717, 1.165) is 35.2 Å². The number of fused-ring (bicyclic) bond motifs is 1. The highest BCUT2D eigenvalue weighted by atomic mass is 32.2. The third-order valence-corrected chi connectivity index (χ3v) is 5.66. The summed E-state index contributed by atoms with van der Waals surface area (Å²) in [6.07, 6.45) is 8.13. The number of pyridine rings is 1. The molecule has 0 aromatic carbocycles. The maximum atomic E-state index is 9.36. The Hall–Kier alpha value is -2.30. The van der Waals surface area contributed by atoms with Crippen molar-refractivity contribution in [3.05, 3.63) is 36.9 Å². The lowest BCUT2D eigenvalue weighted by molar-refractivity contribution is 0.0800. The van der Waals surface area contributed by atoms with E-state index >= 15 is 0 Å². The van der Waals surface area contributed by atoms with Crippen LogP contribution in [-0.4, -0.2) is 41.9 Å². The Bertz CT molecular complexity index is 968. The number of aromatic nitrogens is 4. The van der Waals surface area contributed by atoms with Crippen LogP contribution in [0.3, 0.4) is 0 Å². The van der Waals surface area contributed by atoms with E-state index in [1.165, 1.54) is 0 Å². The van der Waals surface area contributed by atoms with Gasteiger partial charge < -0.3 is 4.98 Å². The lowest BCUT2D eigenvalue weighted by atomic mass is 9.89. The minimum absolute atomic E-state index is 0.172. The van der Waals surface area contributed by atoms with Crippen molar-refractivity contribution in [1.82, 2.24) is 24.1 Å². The van der Waals surface area contributed by atoms with Crippen molar-refractivity contribution < 1.29 is 0 Å². The molecule has 7 heteroatoms. The second-order valence-electron chi connectivity index (χ2n) is 7.83. The summed E-state index contributed by atoms with van der Waals surface area (Å²) >= 11 is 1.84. The normalized spacial score (nSPS) is 17.2. The first kappa shape index (κ1) is 17.1. The van der Waals surface area contributed by atoms with Crippen LogP contribution in [0.1, 0.15) is 27.2 Å². The van der Waals surface area contributed by atoms with Crippen LogP contribution in [0.25, 0.3) is 22.2 Å². The maximum Gasteiger partial charge on any atom is 0.137 e. The monoisotopic (exact) mass is 366 g/mol. The van der Waals surface area contributed by atoms with Crippen LogP contribution in [0, 0.1) is 11.3 Å². The van der Waals surface area contributed by atoms with Crippen molar-refractivity contribution in [1.29, 1.82) is 5.26 Å². The van der Waals surface area contributed by atoms with Crippen LogP contribution in [0.5, 0.6) is 0 Å². The molecule has 134 valence electrons. The zero-order valence-corrected chi connectivity index (χ0v) is 16.0. The summed E-state index contributed by atoms with van der Waals surface area (Å²) in [6.45, 7) is 8.29. The lowest BCUT2D eigenvalue weighted by Gasteiger charge is -2.49. The van der Waals surface area contributed by atoms with Crippen LogP contribution in [0.4, 0.5) is 0 Å². The molecule has 3 aromatic heterocycles. The van der Waals surface area contributed by atoms with Gasteiger partial charge in [-0.05, 0) is 38.5 Å². The summed E-state index contributed by atoms with van der Waals surface area (Å²) in [5, 5.41) is 15.1. The fourth-order valence-corrected chi connectivity index (χ4v) is 4.87. The van der Waals surface area contributed by atoms with Crippen molar-refractivity contribution in [3.63, 3.8) is 0 Å². The van der Waals surface area contributed by atoms with E-state index in [9.17, 15) is 5.26 Å². The highest BCUT2D eigenvalue weighted by molar-refractivity contribution is 7.98. The summed E-state index contributed by atoms with van der Waals surface area (Å²) < 4.78 is 4.49. The Balaban J connectivity index is 1.62. The van der Waals surface area contributed by atoms with Gasteiger partial charge in [0.25, 0.3) is 0 Å². The smallest absolute Gasteiger partial charge is 0.137 e. The molecule has 0 unspecified atom stereocenters. The third-order valence-electron chi connectivity index (χ3n) is 4.59. The molecule has 26 heavy (non-hydrogen) atoms. The van der Waals surface area contributed by atoms with Crippen molar-refractivity contribution >= 4 is 23.0 Å². The van der Waals surface area contributed by atoms with Crippen LogP contribution in [-0.2, 0) is 5.54 Å². The quantitative estimate of drug-likeness (QED) is 0.711. The molecule has 6 nitrogen and oxygen atoms in total. The lowest BCUT2D eigenvalue weighted by Crippen LogP contribution is -2.60. The third kappa shape index (κ3) is 3.00. The average Bonchev–Trinajstić information content (AvgIpc) is 3.20. The summed E-state index contributed by atoms with van der Waals surface area (Å²) in [7, 11) is 0. The molecule has 0 saturated carbocycles. The zero-order valence-electron chi connectivity index (χ0n) is 15.2. The van der Waals surface area contributed by atoms with E-state index in [-0.39, 0.29) is 10.3 Å². The van der Waals surface area contributed by atoms with Gasteiger partial charge in [-0.25, -0.2) is 9.29 Å². The van der Waals surface area contributed by atoms with Crippen molar-refractivity contribution in [2.75, 3.05) is 13.1 Å². The highest BCUT2D eigenvalue weighted by Gasteiger charge is 2.46. The van der Waals surface area contributed by atoms with Gasteiger partial charge in [-0.2, -0.15) is 10.4 Å². The molecule has 0 amide bonds. The summed E-state index contributed by atoms with van der Waals surface area (Å²) in [6, 6.07) is 6.40. The number of H-pyrrole nitrogens is 1. The van der Waals surface area contributed by atoms with E-state index in [1.54, 1.807) is 0 Å². The van der Waals surface area contributed by atoms with Crippen LogP contribution in [0.15, 0.2) is 36.9 Å². The molecule has 0 bridgehead atoms. The van der Waals surface area contributed by atoms with Gasteiger partial charge in [0.2, 0.25) is 0 Å². The van der Waals surface area contributed by atoms with E-state index < -0.39 is 0 Å². The minimum atomic E-state index is -0.241. The summed E-state index contributed by atoms with van der Waals surface area (Å²) in [4.78, 5) is 7.49. The topological polar surface area (TPSA) is 73.5 Å². The molecule has 3 aromatic rings. The minimum Gasteiger partial charge on any atom is -0.346 e. The number of aromatic amines is 1. The maximum absolute atomic E-state index is 9.36. The highest BCUT2D eigenvalue weighted by Crippen LogP contribution is 2.41. The van der Waals surface area contributed by atoms with E-state index in [2.05, 4.69) is 52.4 Å². The second-order valence-corrected chi connectivity index (χ2v) is 9.76. The number of hydrogen-bond donors (Lipinski definition) is 1. The van der Waals surface area contributed by atoms with Gasteiger partial charge in [0.1, 0.15) is 11.2 Å². The molecular weight excluding hydrogens is 344 g/mol. The molecule has 1 aliphatic rings. The first-order chi connectivity index (χ1) is 12.4. The van der Waals surface area contributed by atoms with Crippen LogP contribution >= 0.6 is 11.9 Å². The fourth-order valence-electron chi connectivity index (χ4n) is 3.48. The number of rotatable bonds is 4. The number of nitriles is 1. The predicted octanol–water partition coefficient (Wildman–Crippen LogP) is 3.80. The van der Waals surface area contributed by atoms with E-state index in [1.807, 2.05) is 47.4 Å². The molecule has 1 N–H and O–H groups in total. The SMILES string of the molecule is CC(C)(C)SN1CC(CC#N)(n2cc(-c3ccnc4[nH]ccc34)cn2)C1. The van der Waals surface area contributed by atoms with Gasteiger partial charge in [-0.1, -0.05) is 11.9 Å². The van der Waals surface area contributed by atoms with E-state index in [0.29, 0.717) is 6.42 Å². The Kier molecular flexibility index (Phi) is 4.05. The van der Waals surface area contributed by atoms with Crippen molar-refractivity contribution in [2.24, 2.45) is 0 Å². The molecule has 1 saturated heterocycles. The summed E-state index contributed by atoms with van der Waals surface area (Å²) in [5.74, 6) is 0. The van der Waals surface area contributed by atoms with Crippen LogP contribution in [0.2, 0.25) is 0 Å². The van der Waals surface area contributed by atoms with Gasteiger partial charge in [0.05, 0.1) is 18.7 Å². The first-order valence-corrected chi connectivity index (χ1v) is 9.46. The molecule has 0 atom stereocenters. The Morgan fingerprint density at radius 2 is 2.15 bits per heavy atom. The Morgan fingerprint density at radius 3 is 2.88 bits per heavy atom. The number of nitrogens with one attached hydrogen (secondary N) is 1. The Morgan fingerprint density at radius 1 is 1.35 bits per heavy atom. The zero-order chi connectivity index (χ0) is 18.4. The molecule has 1 fully saturated rings. The Labute approximate surface area is 157 Å². The first-order valence-electron chi connectivity index (χ1n) is 8.69. The van der Waals surface area contributed by atoms with Gasteiger partial charge in [0, 0.05) is 47.4 Å². The van der Waals surface area contributed by atoms with Gasteiger partial charge in [-0.15, -0.1) is 0 Å². The van der Waals surface area contributed by atoms with Gasteiger partial charge in [0.15, 0.2) is 0 Å². The molecule has 0 spiro atoms. The molecular formula is C19H22N6S. The fraction of sp³-hybridized carbons (Fsp3) is 0.421. The predicted molar refractivity (Wildman–Crippen MR) is 104 cm³/mol. The van der Waals surface area contributed by atoms with E-state index in [4.69, 9.17) is 0 Å². The molecule has 0 aliphatic carbocycles. The van der Waals surface area contributed by atoms with Crippen molar-refractivity contribution in [3.8, 4) is 17.2 Å². The molecule has 0 radical (unpaired) electrons.